The molecule has 0 saturated carbocycles. The van der Waals surface area contributed by atoms with Crippen LogP contribution in [0.3, 0.4) is 0 Å². The van der Waals surface area contributed by atoms with E-state index in [1.807, 2.05) is 0 Å². The van der Waals surface area contributed by atoms with Gasteiger partial charge in [0.25, 0.3) is 0 Å². The molecule has 0 aliphatic carbocycles. The summed E-state index contributed by atoms with van der Waals surface area (Å²) in [7, 11) is 1.44. The number of hydrogen-bond donors (Lipinski definition) is 0. The van der Waals surface area contributed by atoms with Crippen LogP contribution in [0.25, 0.3) is 0 Å². The molecular formula is C14H12FNO2. The highest BCUT2D eigenvalue weighted by Gasteiger charge is 2.15. The van der Waals surface area contributed by atoms with E-state index in [0.717, 1.165) is 5.69 Å². The van der Waals surface area contributed by atoms with Crippen LogP contribution in [0.5, 0.6) is 5.75 Å². The maximum Gasteiger partial charge on any atom is 0.214 e. The molecular weight excluding hydrogens is 233 g/mol. The third-order valence-corrected chi connectivity index (χ3v) is 2.54. The fourth-order valence-corrected chi connectivity index (χ4v) is 1.61. The van der Waals surface area contributed by atoms with Crippen molar-refractivity contribution >= 4 is 5.78 Å². The summed E-state index contributed by atoms with van der Waals surface area (Å²) in [6, 6.07) is 9.20. The van der Waals surface area contributed by atoms with Crippen molar-refractivity contribution in [3.05, 3.63) is 59.2 Å². The zero-order valence-corrected chi connectivity index (χ0v) is 10.1. The summed E-state index contributed by atoms with van der Waals surface area (Å²) in [5.74, 6) is -0.664. The van der Waals surface area contributed by atoms with Gasteiger partial charge in [0.05, 0.1) is 12.7 Å². The first kappa shape index (κ1) is 12.2. The zero-order valence-electron chi connectivity index (χ0n) is 10.1. The Hall–Kier alpha value is -2.23. The Morgan fingerprint density at radius 1 is 1.28 bits per heavy atom. The van der Waals surface area contributed by atoms with Gasteiger partial charge >= 0.3 is 0 Å². The second-order valence-corrected chi connectivity index (χ2v) is 3.84. The van der Waals surface area contributed by atoms with Gasteiger partial charge in [0.1, 0.15) is 17.3 Å². The highest BCUT2D eigenvalue weighted by atomic mass is 19.1. The van der Waals surface area contributed by atoms with Crippen LogP contribution >= 0.6 is 0 Å². The lowest BCUT2D eigenvalue weighted by molar-refractivity contribution is 0.103. The Bertz CT molecular complexity index is 596. The van der Waals surface area contributed by atoms with Gasteiger partial charge in [0.2, 0.25) is 5.78 Å². The highest BCUT2D eigenvalue weighted by molar-refractivity contribution is 6.07. The number of hydrogen-bond acceptors (Lipinski definition) is 3. The van der Waals surface area contributed by atoms with Gasteiger partial charge in [-0.25, -0.2) is 9.37 Å². The van der Waals surface area contributed by atoms with Gasteiger partial charge in [-0.15, -0.1) is 0 Å². The normalized spacial score (nSPS) is 10.2. The van der Waals surface area contributed by atoms with E-state index in [-0.39, 0.29) is 11.3 Å². The summed E-state index contributed by atoms with van der Waals surface area (Å²) in [6.45, 7) is 1.78. The van der Waals surface area contributed by atoms with Crippen molar-refractivity contribution in [2.75, 3.05) is 7.11 Å². The summed E-state index contributed by atoms with van der Waals surface area (Å²) in [4.78, 5) is 16.2. The van der Waals surface area contributed by atoms with E-state index in [4.69, 9.17) is 4.74 Å². The molecule has 0 saturated heterocycles. The number of nitrogens with zero attached hydrogens (tertiary/aromatic N) is 1. The minimum absolute atomic E-state index is 0.00565. The van der Waals surface area contributed by atoms with Gasteiger partial charge < -0.3 is 4.74 Å². The van der Waals surface area contributed by atoms with Crippen molar-refractivity contribution in [1.29, 1.82) is 0 Å². The van der Waals surface area contributed by atoms with E-state index >= 15 is 0 Å². The lowest BCUT2D eigenvalue weighted by Crippen LogP contribution is -2.07. The molecule has 2 aromatic rings. The van der Waals surface area contributed by atoms with E-state index in [0.29, 0.717) is 5.75 Å². The molecule has 0 radical (unpaired) electrons. The van der Waals surface area contributed by atoms with Gasteiger partial charge in [0.15, 0.2) is 0 Å². The number of rotatable bonds is 3. The van der Waals surface area contributed by atoms with Gasteiger partial charge in [-0.3, -0.25) is 4.79 Å². The standard InChI is InChI=1S/C14H12FNO2/c1-9-4-3-5-13(16-9)14(17)11-7-6-10(18-2)8-12(11)15/h3-8H,1-2H3. The van der Waals surface area contributed by atoms with Crippen molar-refractivity contribution in [3.63, 3.8) is 0 Å². The van der Waals surface area contributed by atoms with Crippen LogP contribution in [-0.4, -0.2) is 17.9 Å². The maximum atomic E-state index is 13.7. The third-order valence-electron chi connectivity index (χ3n) is 2.54. The molecule has 18 heavy (non-hydrogen) atoms. The molecule has 2 rings (SSSR count). The minimum atomic E-state index is -0.609. The van der Waals surface area contributed by atoms with Crippen molar-refractivity contribution in [2.45, 2.75) is 6.92 Å². The van der Waals surface area contributed by atoms with E-state index in [1.54, 1.807) is 31.2 Å². The first-order valence-electron chi connectivity index (χ1n) is 5.43. The van der Waals surface area contributed by atoms with Crippen LogP contribution in [0.4, 0.5) is 4.39 Å². The number of methoxy groups -OCH3 is 1. The van der Waals surface area contributed by atoms with Crippen LogP contribution < -0.4 is 4.74 Å². The number of aryl methyl sites for hydroxylation is 1. The lowest BCUT2D eigenvalue weighted by Gasteiger charge is -2.05. The smallest absolute Gasteiger partial charge is 0.214 e. The molecule has 0 aliphatic heterocycles. The number of ether oxygens (including phenoxy) is 1. The van der Waals surface area contributed by atoms with Gasteiger partial charge in [-0.2, -0.15) is 0 Å². The Morgan fingerprint density at radius 2 is 2.06 bits per heavy atom. The topological polar surface area (TPSA) is 39.2 Å². The molecule has 4 heteroatoms. The molecule has 1 aromatic carbocycles. The number of aromatic nitrogens is 1. The summed E-state index contributed by atoms with van der Waals surface area (Å²) >= 11 is 0. The predicted molar refractivity (Wildman–Crippen MR) is 65.4 cm³/mol. The number of carbonyl (C=O) groups excluding carboxylic acids is 1. The molecule has 0 unspecified atom stereocenters. The predicted octanol–water partition coefficient (Wildman–Crippen LogP) is 2.77. The van der Waals surface area contributed by atoms with Crippen LogP contribution in [0.15, 0.2) is 36.4 Å². The van der Waals surface area contributed by atoms with Crippen LogP contribution in [0.2, 0.25) is 0 Å². The maximum absolute atomic E-state index is 13.7. The van der Waals surface area contributed by atoms with Gasteiger partial charge in [0, 0.05) is 11.8 Å². The summed E-state index contributed by atoms with van der Waals surface area (Å²) in [6.07, 6.45) is 0. The number of ketones is 1. The molecule has 1 heterocycles. The summed E-state index contributed by atoms with van der Waals surface area (Å²) in [5, 5.41) is 0. The van der Waals surface area contributed by atoms with Crippen molar-refractivity contribution in [1.82, 2.24) is 4.98 Å². The monoisotopic (exact) mass is 245 g/mol. The molecule has 0 bridgehead atoms. The number of pyridine rings is 1. The van der Waals surface area contributed by atoms with Crippen LogP contribution in [-0.2, 0) is 0 Å². The summed E-state index contributed by atoms with van der Waals surface area (Å²) < 4.78 is 18.6. The van der Waals surface area contributed by atoms with Crippen LogP contribution in [0.1, 0.15) is 21.7 Å². The number of benzene rings is 1. The zero-order chi connectivity index (χ0) is 13.1. The Balaban J connectivity index is 2.40. The molecule has 0 amide bonds. The molecule has 92 valence electrons. The fourth-order valence-electron chi connectivity index (χ4n) is 1.61. The fraction of sp³-hybridized carbons (Fsp3) is 0.143. The van der Waals surface area contributed by atoms with Gasteiger partial charge in [-0.05, 0) is 31.2 Å². The quantitative estimate of drug-likeness (QED) is 0.780. The number of halogens is 1. The average molecular weight is 245 g/mol. The second-order valence-electron chi connectivity index (χ2n) is 3.84. The molecule has 0 aliphatic rings. The van der Waals surface area contributed by atoms with Gasteiger partial charge in [-0.1, -0.05) is 6.07 Å². The van der Waals surface area contributed by atoms with Crippen molar-refractivity contribution < 1.29 is 13.9 Å². The SMILES string of the molecule is COc1ccc(C(=O)c2cccc(C)n2)c(F)c1. The highest BCUT2D eigenvalue weighted by Crippen LogP contribution is 2.18. The van der Waals surface area contributed by atoms with E-state index in [2.05, 4.69) is 4.98 Å². The molecule has 0 spiro atoms. The molecule has 0 N–H and O–H groups in total. The first-order chi connectivity index (χ1) is 8.61. The molecule has 0 fully saturated rings. The average Bonchev–Trinajstić information content (AvgIpc) is 2.37. The Kier molecular flexibility index (Phi) is 3.37. The second kappa shape index (κ2) is 4.96. The van der Waals surface area contributed by atoms with E-state index in [9.17, 15) is 9.18 Å². The van der Waals surface area contributed by atoms with Crippen molar-refractivity contribution in [3.8, 4) is 5.75 Å². The number of carbonyl (C=O) groups is 1. The van der Waals surface area contributed by atoms with Crippen LogP contribution in [0, 0.1) is 12.7 Å². The van der Waals surface area contributed by atoms with Crippen molar-refractivity contribution in [2.24, 2.45) is 0 Å². The third kappa shape index (κ3) is 2.37. The lowest BCUT2D eigenvalue weighted by atomic mass is 10.1. The summed E-state index contributed by atoms with van der Waals surface area (Å²) in [5.41, 5.74) is 0.947. The molecule has 0 atom stereocenters. The van der Waals surface area contributed by atoms with E-state index in [1.165, 1.54) is 19.2 Å². The van der Waals surface area contributed by atoms with E-state index < -0.39 is 11.6 Å². The Morgan fingerprint density at radius 3 is 2.67 bits per heavy atom. The first-order valence-corrected chi connectivity index (χ1v) is 5.43. The molecule has 1 aromatic heterocycles. The minimum Gasteiger partial charge on any atom is -0.497 e. The largest absolute Gasteiger partial charge is 0.497 e. The Labute approximate surface area is 104 Å². The molecule has 3 nitrogen and oxygen atoms in total.